The van der Waals surface area contributed by atoms with E-state index in [4.69, 9.17) is 23.2 Å². The molecule has 2 N–H and O–H groups in total. The molecule has 0 radical (unpaired) electrons. The molecule has 2 aromatic rings. The molecule has 8 heteroatoms. The van der Waals surface area contributed by atoms with Gasteiger partial charge in [0.15, 0.2) is 0 Å². The fraction of sp³-hybridized carbons (Fsp3) is 0.118. The summed E-state index contributed by atoms with van der Waals surface area (Å²) in [5.74, 6) is -2.43. The molecule has 0 saturated heterocycles. The maximum atomic E-state index is 12.1. The van der Waals surface area contributed by atoms with Gasteiger partial charge in [0.05, 0.1) is 23.4 Å². The number of anilines is 2. The van der Waals surface area contributed by atoms with Crippen LogP contribution in [-0.4, -0.2) is 24.9 Å². The van der Waals surface area contributed by atoms with Crippen LogP contribution in [0, 0.1) is 6.92 Å². The number of esters is 1. The molecular weight excluding hydrogens is 367 g/mol. The summed E-state index contributed by atoms with van der Waals surface area (Å²) in [4.78, 5) is 35.7. The lowest BCUT2D eigenvalue weighted by Crippen LogP contribution is -2.29. The zero-order valence-corrected chi connectivity index (χ0v) is 14.9. The second-order valence-corrected chi connectivity index (χ2v) is 5.82. The molecule has 0 unspecified atom stereocenters. The van der Waals surface area contributed by atoms with Crippen LogP contribution in [0.15, 0.2) is 36.4 Å². The molecule has 6 nitrogen and oxygen atoms in total. The molecule has 0 bridgehead atoms. The first-order valence-electron chi connectivity index (χ1n) is 7.08. The van der Waals surface area contributed by atoms with E-state index in [1.807, 2.05) is 0 Å². The zero-order valence-electron chi connectivity index (χ0n) is 13.4. The summed E-state index contributed by atoms with van der Waals surface area (Å²) >= 11 is 12.0. The van der Waals surface area contributed by atoms with Crippen LogP contribution in [0.5, 0.6) is 0 Å². The van der Waals surface area contributed by atoms with E-state index in [0.29, 0.717) is 16.3 Å². The van der Waals surface area contributed by atoms with Crippen LogP contribution < -0.4 is 10.6 Å². The number of halogens is 2. The van der Waals surface area contributed by atoms with Gasteiger partial charge in [0.1, 0.15) is 0 Å². The van der Waals surface area contributed by atoms with Gasteiger partial charge in [-0.1, -0.05) is 29.3 Å². The molecule has 0 aromatic heterocycles. The van der Waals surface area contributed by atoms with Crippen molar-refractivity contribution in [2.24, 2.45) is 0 Å². The minimum absolute atomic E-state index is 0.118. The number of hydrogen-bond acceptors (Lipinski definition) is 4. The van der Waals surface area contributed by atoms with Gasteiger partial charge in [0.2, 0.25) is 0 Å². The smallest absolute Gasteiger partial charge is 0.337 e. The van der Waals surface area contributed by atoms with E-state index in [1.54, 1.807) is 25.1 Å². The normalized spacial score (nSPS) is 10.1. The minimum Gasteiger partial charge on any atom is -0.465 e. The molecule has 2 amide bonds. The summed E-state index contributed by atoms with van der Waals surface area (Å²) in [5.41, 5.74) is 1.36. The van der Waals surface area contributed by atoms with Crippen LogP contribution in [0.1, 0.15) is 15.9 Å². The van der Waals surface area contributed by atoms with Gasteiger partial charge in [0, 0.05) is 10.7 Å². The van der Waals surface area contributed by atoms with Crippen LogP contribution in [-0.2, 0) is 14.3 Å². The Balaban J connectivity index is 2.15. The summed E-state index contributed by atoms with van der Waals surface area (Å²) < 4.78 is 4.60. The number of methoxy groups -OCH3 is 1. The van der Waals surface area contributed by atoms with E-state index < -0.39 is 17.8 Å². The van der Waals surface area contributed by atoms with E-state index in [2.05, 4.69) is 15.4 Å². The molecule has 0 fully saturated rings. The highest BCUT2D eigenvalue weighted by atomic mass is 35.5. The van der Waals surface area contributed by atoms with Gasteiger partial charge >= 0.3 is 17.8 Å². The number of hydrogen-bond donors (Lipinski definition) is 2. The third-order valence-corrected chi connectivity index (χ3v) is 4.10. The quantitative estimate of drug-likeness (QED) is 0.628. The van der Waals surface area contributed by atoms with Crippen molar-refractivity contribution in [2.75, 3.05) is 17.7 Å². The van der Waals surface area contributed by atoms with Crippen LogP contribution >= 0.6 is 23.2 Å². The van der Waals surface area contributed by atoms with Gasteiger partial charge in [-0.2, -0.15) is 0 Å². The lowest BCUT2D eigenvalue weighted by molar-refractivity contribution is -0.133. The molecule has 0 aliphatic rings. The van der Waals surface area contributed by atoms with Crippen molar-refractivity contribution in [3.8, 4) is 0 Å². The van der Waals surface area contributed by atoms with Crippen LogP contribution in [0.2, 0.25) is 10.0 Å². The molecule has 0 aliphatic carbocycles. The second-order valence-electron chi connectivity index (χ2n) is 5.01. The summed E-state index contributed by atoms with van der Waals surface area (Å²) in [5, 5.41) is 5.47. The van der Waals surface area contributed by atoms with Crippen molar-refractivity contribution >= 4 is 52.4 Å². The van der Waals surface area contributed by atoms with E-state index in [0.717, 1.165) is 0 Å². The summed E-state index contributed by atoms with van der Waals surface area (Å²) in [6.07, 6.45) is 0. The average molecular weight is 381 g/mol. The molecule has 2 rings (SSSR count). The highest BCUT2D eigenvalue weighted by Crippen LogP contribution is 2.25. The van der Waals surface area contributed by atoms with Gasteiger partial charge in [-0.25, -0.2) is 4.79 Å². The third-order valence-electron chi connectivity index (χ3n) is 3.36. The van der Waals surface area contributed by atoms with Crippen molar-refractivity contribution in [3.05, 3.63) is 57.6 Å². The number of carbonyl (C=O) groups is 3. The average Bonchev–Trinajstić information content (AvgIpc) is 2.60. The van der Waals surface area contributed by atoms with E-state index in [1.165, 1.54) is 25.3 Å². The summed E-state index contributed by atoms with van der Waals surface area (Å²) in [6, 6.07) is 9.13. The van der Waals surface area contributed by atoms with Crippen molar-refractivity contribution in [1.29, 1.82) is 0 Å². The van der Waals surface area contributed by atoms with Gasteiger partial charge < -0.3 is 15.4 Å². The standard InChI is InChI=1S/C17H14Cl2N2O4/c1-9-11(18)4-3-5-13(9)20-15(22)16(23)21-14-8-10(17(24)25-2)6-7-12(14)19/h3-8H,1-2H3,(H,20,22)(H,21,23). The Kier molecular flexibility index (Phi) is 6.01. The van der Waals surface area contributed by atoms with Gasteiger partial charge in [0.25, 0.3) is 0 Å². The van der Waals surface area contributed by atoms with Gasteiger partial charge in [-0.05, 0) is 42.8 Å². The predicted octanol–water partition coefficient (Wildman–Crippen LogP) is 3.67. The highest BCUT2D eigenvalue weighted by molar-refractivity contribution is 6.45. The Bertz CT molecular complexity index is 853. The number of carbonyl (C=O) groups excluding carboxylic acids is 3. The largest absolute Gasteiger partial charge is 0.465 e. The maximum Gasteiger partial charge on any atom is 0.337 e. The monoisotopic (exact) mass is 380 g/mol. The molecule has 0 saturated carbocycles. The number of benzene rings is 2. The minimum atomic E-state index is -0.941. The SMILES string of the molecule is COC(=O)c1ccc(Cl)c(NC(=O)C(=O)Nc2cccc(Cl)c2C)c1. The first-order chi connectivity index (χ1) is 11.8. The van der Waals surface area contributed by atoms with Crippen molar-refractivity contribution in [2.45, 2.75) is 6.92 Å². The fourth-order valence-electron chi connectivity index (χ4n) is 1.97. The number of nitrogens with one attached hydrogen (secondary N) is 2. The Morgan fingerprint density at radius 1 is 0.920 bits per heavy atom. The van der Waals surface area contributed by atoms with Gasteiger partial charge in [-0.3, -0.25) is 9.59 Å². The molecule has 0 heterocycles. The molecular formula is C17H14Cl2N2O4. The molecule has 0 aliphatic heterocycles. The van der Waals surface area contributed by atoms with E-state index in [9.17, 15) is 14.4 Å². The summed E-state index contributed by atoms with van der Waals surface area (Å²) in [6.45, 7) is 1.71. The predicted molar refractivity (Wildman–Crippen MR) is 96.2 cm³/mol. The zero-order chi connectivity index (χ0) is 18.6. The van der Waals surface area contributed by atoms with Crippen LogP contribution in [0.4, 0.5) is 11.4 Å². The van der Waals surface area contributed by atoms with E-state index >= 15 is 0 Å². The van der Waals surface area contributed by atoms with Gasteiger partial charge in [-0.15, -0.1) is 0 Å². The lowest BCUT2D eigenvalue weighted by Gasteiger charge is -2.11. The number of ether oxygens (including phenoxy) is 1. The third kappa shape index (κ3) is 4.49. The molecule has 25 heavy (non-hydrogen) atoms. The maximum absolute atomic E-state index is 12.1. The summed E-state index contributed by atoms with van der Waals surface area (Å²) in [7, 11) is 1.23. The van der Waals surface area contributed by atoms with Crippen LogP contribution in [0.3, 0.4) is 0 Å². The molecule has 130 valence electrons. The van der Waals surface area contributed by atoms with Crippen molar-refractivity contribution in [1.82, 2.24) is 0 Å². The lowest BCUT2D eigenvalue weighted by atomic mass is 10.2. The Hall–Kier alpha value is -2.57. The number of rotatable bonds is 3. The number of amides is 2. The Labute approximate surface area is 154 Å². The Morgan fingerprint density at radius 3 is 2.20 bits per heavy atom. The van der Waals surface area contributed by atoms with Crippen molar-refractivity contribution < 1.29 is 19.1 Å². The van der Waals surface area contributed by atoms with Crippen molar-refractivity contribution in [3.63, 3.8) is 0 Å². The Morgan fingerprint density at radius 2 is 1.56 bits per heavy atom. The first kappa shape index (κ1) is 18.8. The van der Waals surface area contributed by atoms with E-state index in [-0.39, 0.29) is 16.3 Å². The van der Waals surface area contributed by atoms with Crippen LogP contribution in [0.25, 0.3) is 0 Å². The molecule has 0 spiro atoms. The first-order valence-corrected chi connectivity index (χ1v) is 7.84. The topological polar surface area (TPSA) is 84.5 Å². The molecule has 2 aromatic carbocycles. The highest BCUT2D eigenvalue weighted by Gasteiger charge is 2.18. The molecule has 0 atom stereocenters. The fourth-order valence-corrected chi connectivity index (χ4v) is 2.31. The second kappa shape index (κ2) is 8.00.